The summed E-state index contributed by atoms with van der Waals surface area (Å²) in [6, 6.07) is 6.42. The number of carbonyl (C=O) groups is 1. The van der Waals surface area contributed by atoms with Gasteiger partial charge in [0.25, 0.3) is 0 Å². The van der Waals surface area contributed by atoms with Gasteiger partial charge < -0.3 is 5.32 Å². The molecule has 0 radical (unpaired) electrons. The minimum absolute atomic E-state index is 0.0965. The molecule has 0 heterocycles. The molecule has 0 aliphatic heterocycles. The van der Waals surface area contributed by atoms with Crippen LogP contribution in [0.4, 0.5) is 10.5 Å². The summed E-state index contributed by atoms with van der Waals surface area (Å²) < 4.78 is 1.51. The summed E-state index contributed by atoms with van der Waals surface area (Å²) >= 11 is 4.48. The highest BCUT2D eigenvalue weighted by atomic mass is 32.1. The van der Waals surface area contributed by atoms with Crippen LogP contribution in [0.5, 0.6) is 0 Å². The Morgan fingerprint density at radius 3 is 2.29 bits per heavy atom. The van der Waals surface area contributed by atoms with Crippen LogP contribution in [0.3, 0.4) is 0 Å². The highest BCUT2D eigenvalue weighted by Gasteiger charge is 2.22. The molecule has 0 bridgehead atoms. The Hall–Kier alpha value is -1.16. The third-order valence-corrected chi connectivity index (χ3v) is 4.68. The van der Waals surface area contributed by atoms with Crippen molar-refractivity contribution >= 4 is 24.5 Å². The number of amides is 2. The lowest BCUT2D eigenvalue weighted by Crippen LogP contribution is -2.42. The van der Waals surface area contributed by atoms with Crippen LogP contribution in [0.25, 0.3) is 0 Å². The molecule has 1 aromatic carbocycles. The molecule has 1 aliphatic carbocycles. The molecule has 1 N–H and O–H groups in total. The van der Waals surface area contributed by atoms with Gasteiger partial charge in [0.05, 0.1) is 5.69 Å². The van der Waals surface area contributed by atoms with E-state index in [-0.39, 0.29) is 6.03 Å². The van der Waals surface area contributed by atoms with Crippen molar-refractivity contribution in [1.82, 2.24) is 5.32 Å². The van der Waals surface area contributed by atoms with Crippen LogP contribution in [-0.2, 0) is 12.8 Å². The van der Waals surface area contributed by atoms with E-state index in [4.69, 9.17) is 0 Å². The van der Waals surface area contributed by atoms with E-state index < -0.39 is 0 Å². The van der Waals surface area contributed by atoms with E-state index in [1.54, 1.807) is 0 Å². The largest absolute Gasteiger partial charge is 0.334 e. The number of aryl methyl sites for hydroxylation is 2. The van der Waals surface area contributed by atoms with Crippen LogP contribution in [-0.4, -0.2) is 12.1 Å². The van der Waals surface area contributed by atoms with Gasteiger partial charge in [-0.25, -0.2) is 9.10 Å². The fraction of sp³-hybridized carbons (Fsp3) is 0.588. The van der Waals surface area contributed by atoms with Crippen molar-refractivity contribution in [2.24, 2.45) is 0 Å². The zero-order chi connectivity index (χ0) is 15.2. The number of rotatable bonds is 4. The number of benzene rings is 1. The Morgan fingerprint density at radius 2 is 1.76 bits per heavy atom. The molecule has 3 nitrogen and oxygen atoms in total. The Kier molecular flexibility index (Phi) is 5.97. The molecule has 0 atom stereocenters. The molecule has 0 spiro atoms. The average Bonchev–Trinajstić information content (AvgIpc) is 2.54. The summed E-state index contributed by atoms with van der Waals surface area (Å²) in [5.41, 5.74) is 3.30. The molecule has 2 amide bonds. The van der Waals surface area contributed by atoms with Crippen molar-refractivity contribution in [3.63, 3.8) is 0 Å². The van der Waals surface area contributed by atoms with Crippen molar-refractivity contribution < 1.29 is 4.79 Å². The smallest absolute Gasteiger partial charge is 0.332 e. The zero-order valence-electron chi connectivity index (χ0n) is 13.1. The molecule has 1 aliphatic rings. The first-order valence-corrected chi connectivity index (χ1v) is 8.47. The van der Waals surface area contributed by atoms with Crippen LogP contribution < -0.4 is 9.62 Å². The van der Waals surface area contributed by atoms with E-state index in [0.29, 0.717) is 6.04 Å². The maximum Gasteiger partial charge on any atom is 0.332 e. The SMILES string of the molecule is CCc1cccc(CC)c1N(S)C(=O)NC1CCCCC1. The van der Waals surface area contributed by atoms with E-state index in [9.17, 15) is 4.79 Å². The number of urea groups is 1. The van der Waals surface area contributed by atoms with Crippen molar-refractivity contribution in [3.8, 4) is 0 Å². The second-order valence-corrected chi connectivity index (χ2v) is 6.13. The van der Waals surface area contributed by atoms with E-state index >= 15 is 0 Å². The number of hydrogen-bond acceptors (Lipinski definition) is 2. The number of hydrogen-bond donors (Lipinski definition) is 2. The molecule has 0 unspecified atom stereocenters. The molecule has 1 aromatic rings. The lowest BCUT2D eigenvalue weighted by atomic mass is 9.96. The topological polar surface area (TPSA) is 32.3 Å². The fourth-order valence-corrected chi connectivity index (χ4v) is 3.39. The van der Waals surface area contributed by atoms with Gasteiger partial charge in [0, 0.05) is 6.04 Å². The third-order valence-electron chi connectivity index (χ3n) is 4.30. The molecular weight excluding hydrogens is 280 g/mol. The summed E-state index contributed by atoms with van der Waals surface area (Å²) in [4.78, 5) is 12.5. The molecule has 1 saturated carbocycles. The van der Waals surface area contributed by atoms with Gasteiger partial charge in [0.1, 0.15) is 0 Å². The molecule has 116 valence electrons. The molecular formula is C17H26N2OS. The quantitative estimate of drug-likeness (QED) is 0.788. The first kappa shape index (κ1) is 16.2. The second kappa shape index (κ2) is 7.74. The van der Waals surface area contributed by atoms with Crippen molar-refractivity contribution in [2.45, 2.75) is 64.8 Å². The zero-order valence-corrected chi connectivity index (χ0v) is 14.0. The van der Waals surface area contributed by atoms with Gasteiger partial charge in [-0.2, -0.15) is 0 Å². The predicted octanol–water partition coefficient (Wildman–Crippen LogP) is 4.50. The Bertz CT molecular complexity index is 461. The van der Waals surface area contributed by atoms with Crippen molar-refractivity contribution in [3.05, 3.63) is 29.3 Å². The Morgan fingerprint density at radius 1 is 1.19 bits per heavy atom. The number of carbonyl (C=O) groups excluding carboxylic acids is 1. The van der Waals surface area contributed by atoms with Crippen molar-refractivity contribution in [1.29, 1.82) is 0 Å². The monoisotopic (exact) mass is 306 g/mol. The molecule has 21 heavy (non-hydrogen) atoms. The van der Waals surface area contributed by atoms with Gasteiger partial charge in [0.15, 0.2) is 0 Å². The number of para-hydroxylation sites is 1. The fourth-order valence-electron chi connectivity index (χ4n) is 3.07. The van der Waals surface area contributed by atoms with Gasteiger partial charge in [-0.05, 0) is 36.8 Å². The Balaban J connectivity index is 2.14. The number of anilines is 1. The van der Waals surface area contributed by atoms with E-state index in [0.717, 1.165) is 31.4 Å². The van der Waals surface area contributed by atoms with Crippen LogP contribution >= 0.6 is 12.8 Å². The minimum Gasteiger partial charge on any atom is -0.334 e. The predicted molar refractivity (Wildman–Crippen MR) is 92.1 cm³/mol. The molecule has 0 aromatic heterocycles. The molecule has 0 saturated heterocycles. The highest BCUT2D eigenvalue weighted by Crippen LogP contribution is 2.29. The maximum absolute atomic E-state index is 12.5. The lowest BCUT2D eigenvalue weighted by molar-refractivity contribution is 0.242. The summed E-state index contributed by atoms with van der Waals surface area (Å²) in [5, 5.41) is 3.13. The van der Waals surface area contributed by atoms with Crippen LogP contribution in [0.15, 0.2) is 18.2 Å². The van der Waals surface area contributed by atoms with Gasteiger partial charge in [-0.3, -0.25) is 0 Å². The first-order chi connectivity index (χ1) is 10.2. The lowest BCUT2D eigenvalue weighted by Gasteiger charge is -2.27. The number of nitrogens with zero attached hydrogens (tertiary/aromatic N) is 1. The second-order valence-electron chi connectivity index (χ2n) is 5.73. The van der Waals surface area contributed by atoms with E-state index in [1.807, 2.05) is 0 Å². The maximum atomic E-state index is 12.5. The van der Waals surface area contributed by atoms with Gasteiger partial charge >= 0.3 is 6.03 Å². The van der Waals surface area contributed by atoms with Crippen LogP contribution in [0.2, 0.25) is 0 Å². The number of thiol groups is 1. The van der Waals surface area contributed by atoms with E-state index in [1.165, 1.54) is 34.7 Å². The summed E-state index contributed by atoms with van der Waals surface area (Å²) in [7, 11) is 0. The molecule has 2 rings (SSSR count). The van der Waals surface area contributed by atoms with Gasteiger partial charge in [0.2, 0.25) is 0 Å². The van der Waals surface area contributed by atoms with Gasteiger partial charge in [-0.15, -0.1) is 0 Å². The normalized spacial score (nSPS) is 15.8. The van der Waals surface area contributed by atoms with Crippen LogP contribution in [0.1, 0.15) is 57.1 Å². The Labute approximate surface area is 133 Å². The molecule has 4 heteroatoms. The third kappa shape index (κ3) is 3.94. The summed E-state index contributed by atoms with van der Waals surface area (Å²) in [6.45, 7) is 4.22. The summed E-state index contributed by atoms with van der Waals surface area (Å²) in [6.07, 6.45) is 7.68. The van der Waals surface area contributed by atoms with Crippen molar-refractivity contribution in [2.75, 3.05) is 4.31 Å². The van der Waals surface area contributed by atoms with Crippen LogP contribution in [0, 0.1) is 0 Å². The standard InChI is InChI=1S/C17H26N2OS/c1-3-13-9-8-10-14(4-2)16(13)19(21)17(20)18-15-11-6-5-7-12-15/h8-10,15,21H,3-7,11-12H2,1-2H3,(H,18,20). The van der Waals surface area contributed by atoms with E-state index in [2.05, 4.69) is 50.2 Å². The first-order valence-electron chi connectivity index (χ1n) is 8.07. The summed E-state index contributed by atoms with van der Waals surface area (Å²) in [5.74, 6) is 0. The highest BCUT2D eigenvalue weighted by molar-refractivity contribution is 7.82. The minimum atomic E-state index is -0.0965. The molecule has 1 fully saturated rings. The average molecular weight is 306 g/mol. The number of nitrogens with one attached hydrogen (secondary N) is 1. The van der Waals surface area contributed by atoms with Gasteiger partial charge in [-0.1, -0.05) is 64.1 Å².